The number of ether oxygens (including phenoxy) is 1. The lowest BCUT2D eigenvalue weighted by atomic mass is 10.1. The second-order valence-electron chi connectivity index (χ2n) is 10.2. The van der Waals surface area contributed by atoms with Crippen molar-refractivity contribution in [1.82, 2.24) is 19.8 Å². The van der Waals surface area contributed by atoms with Gasteiger partial charge in [0.05, 0.1) is 13.4 Å². The summed E-state index contributed by atoms with van der Waals surface area (Å²) in [5, 5.41) is 6.41. The number of piperazine rings is 1. The molecule has 2 aliphatic rings. The molecule has 39 heavy (non-hydrogen) atoms. The summed E-state index contributed by atoms with van der Waals surface area (Å²) >= 11 is 0. The van der Waals surface area contributed by atoms with Crippen molar-refractivity contribution in [1.29, 1.82) is 0 Å². The summed E-state index contributed by atoms with van der Waals surface area (Å²) in [4.78, 5) is 27.8. The molecule has 4 rings (SSSR count). The van der Waals surface area contributed by atoms with Crippen molar-refractivity contribution in [3.05, 3.63) is 65.5 Å². The molecular formula is C28H37FN4O5S. The Hall–Kier alpha value is -3.02. The maximum absolute atomic E-state index is 13.4. The number of methoxy groups -OCH3 is 1. The summed E-state index contributed by atoms with van der Waals surface area (Å²) in [6.07, 6.45) is 4.25. The molecule has 0 aromatic heterocycles. The number of nitrogens with one attached hydrogen (secondary N) is 2. The minimum Gasteiger partial charge on any atom is -0.497 e. The highest BCUT2D eigenvalue weighted by molar-refractivity contribution is 7.88. The zero-order chi connectivity index (χ0) is 28.0. The summed E-state index contributed by atoms with van der Waals surface area (Å²) in [6.45, 7) is 1.79. The van der Waals surface area contributed by atoms with Crippen molar-refractivity contribution in [2.24, 2.45) is 0 Å². The normalized spacial score (nSPS) is 20.3. The second kappa shape index (κ2) is 12.9. The van der Waals surface area contributed by atoms with Gasteiger partial charge in [0.2, 0.25) is 15.9 Å². The van der Waals surface area contributed by atoms with Gasteiger partial charge in [-0.05, 0) is 74.2 Å². The van der Waals surface area contributed by atoms with Crippen LogP contribution in [-0.2, 0) is 14.8 Å². The Kier molecular flexibility index (Phi) is 9.58. The average Bonchev–Trinajstić information content (AvgIpc) is 3.71. The molecular weight excluding hydrogens is 523 g/mol. The quantitative estimate of drug-likeness (QED) is 0.386. The first-order valence-corrected chi connectivity index (χ1v) is 15.2. The van der Waals surface area contributed by atoms with Gasteiger partial charge in [-0.25, -0.2) is 12.8 Å². The molecule has 0 bridgehead atoms. The van der Waals surface area contributed by atoms with E-state index < -0.39 is 27.8 Å². The Morgan fingerprint density at radius 2 is 1.69 bits per heavy atom. The van der Waals surface area contributed by atoms with Gasteiger partial charge in [-0.2, -0.15) is 4.31 Å². The SMILES string of the molecule is COc1ccc([C@@H]2CC2NCCCC[C@H](NC(=O)c2ccc(F)cc2)C(=O)N2CCN(S(C)(=O)=O)CC2)cc1. The van der Waals surface area contributed by atoms with Crippen LogP contribution in [0.25, 0.3) is 0 Å². The van der Waals surface area contributed by atoms with E-state index >= 15 is 0 Å². The molecule has 1 heterocycles. The first kappa shape index (κ1) is 29.0. The fourth-order valence-electron chi connectivity index (χ4n) is 4.96. The zero-order valence-electron chi connectivity index (χ0n) is 22.4. The predicted octanol–water partition coefficient (Wildman–Crippen LogP) is 2.35. The Labute approximate surface area is 229 Å². The first-order valence-electron chi connectivity index (χ1n) is 13.3. The van der Waals surface area contributed by atoms with Crippen LogP contribution in [0.3, 0.4) is 0 Å². The van der Waals surface area contributed by atoms with E-state index in [-0.39, 0.29) is 37.6 Å². The lowest BCUT2D eigenvalue weighted by molar-refractivity contribution is -0.134. The highest BCUT2D eigenvalue weighted by Crippen LogP contribution is 2.41. The summed E-state index contributed by atoms with van der Waals surface area (Å²) in [7, 11) is -1.66. The summed E-state index contributed by atoms with van der Waals surface area (Å²) in [6, 6.07) is 13.0. The molecule has 9 nitrogen and oxygen atoms in total. The zero-order valence-corrected chi connectivity index (χ0v) is 23.3. The lowest BCUT2D eigenvalue weighted by Gasteiger charge is -2.35. The number of carbonyl (C=O) groups is 2. The van der Waals surface area contributed by atoms with E-state index in [2.05, 4.69) is 22.8 Å². The van der Waals surface area contributed by atoms with Crippen molar-refractivity contribution in [3.63, 3.8) is 0 Å². The molecule has 11 heteroatoms. The molecule has 1 unspecified atom stereocenters. The maximum atomic E-state index is 13.4. The summed E-state index contributed by atoms with van der Waals surface area (Å²) in [5.74, 6) is 0.220. The molecule has 0 radical (unpaired) electrons. The highest BCUT2D eigenvalue weighted by atomic mass is 32.2. The fourth-order valence-corrected chi connectivity index (χ4v) is 5.79. The van der Waals surface area contributed by atoms with E-state index in [0.29, 0.717) is 18.4 Å². The number of benzene rings is 2. The van der Waals surface area contributed by atoms with E-state index in [1.807, 2.05) is 12.1 Å². The van der Waals surface area contributed by atoms with Crippen molar-refractivity contribution >= 4 is 21.8 Å². The van der Waals surface area contributed by atoms with Gasteiger partial charge in [0, 0.05) is 43.7 Å². The summed E-state index contributed by atoms with van der Waals surface area (Å²) < 4.78 is 43.5. The number of amides is 2. The van der Waals surface area contributed by atoms with Gasteiger partial charge in [0.15, 0.2) is 0 Å². The standard InChI is InChI=1S/C28H37FN4O5S/c1-38-23-12-8-20(9-13-23)24-19-26(24)30-14-4-3-5-25(31-27(34)21-6-10-22(29)11-7-21)28(35)32-15-17-33(18-16-32)39(2,36)37/h6-13,24-26,30H,3-5,14-19H2,1-2H3,(H,31,34)/t24-,25-,26?/m0/s1. The van der Waals surface area contributed by atoms with Crippen LogP contribution in [0.15, 0.2) is 48.5 Å². The molecule has 3 atom stereocenters. The van der Waals surface area contributed by atoms with Gasteiger partial charge >= 0.3 is 0 Å². The number of halogens is 1. The molecule has 2 aromatic rings. The minimum absolute atomic E-state index is 0.226. The van der Waals surface area contributed by atoms with Gasteiger partial charge in [-0.3, -0.25) is 9.59 Å². The van der Waals surface area contributed by atoms with Crippen molar-refractivity contribution in [2.75, 3.05) is 46.1 Å². The van der Waals surface area contributed by atoms with Crippen molar-refractivity contribution in [3.8, 4) is 5.75 Å². The molecule has 2 fully saturated rings. The number of unbranched alkanes of at least 4 members (excludes halogenated alkanes) is 1. The average molecular weight is 561 g/mol. The first-order chi connectivity index (χ1) is 18.7. The smallest absolute Gasteiger partial charge is 0.251 e. The Morgan fingerprint density at radius 3 is 2.31 bits per heavy atom. The van der Waals surface area contributed by atoms with E-state index in [1.54, 1.807) is 12.0 Å². The van der Waals surface area contributed by atoms with Crippen LogP contribution in [0.5, 0.6) is 5.75 Å². The number of sulfonamides is 1. The molecule has 1 aliphatic heterocycles. The Morgan fingerprint density at radius 1 is 1.03 bits per heavy atom. The Balaban J connectivity index is 1.28. The van der Waals surface area contributed by atoms with Crippen molar-refractivity contribution in [2.45, 2.75) is 43.7 Å². The highest BCUT2D eigenvalue weighted by Gasteiger charge is 2.37. The maximum Gasteiger partial charge on any atom is 0.251 e. The lowest BCUT2D eigenvalue weighted by Crippen LogP contribution is -2.55. The van der Waals surface area contributed by atoms with Crippen LogP contribution in [-0.4, -0.2) is 87.6 Å². The monoisotopic (exact) mass is 560 g/mol. The van der Waals surface area contributed by atoms with E-state index in [0.717, 1.165) is 37.8 Å². The number of nitrogens with zero attached hydrogens (tertiary/aromatic N) is 2. The molecule has 1 saturated heterocycles. The molecule has 2 amide bonds. The topological polar surface area (TPSA) is 108 Å². The van der Waals surface area contributed by atoms with Gasteiger partial charge in [0.25, 0.3) is 5.91 Å². The number of hydrogen-bond acceptors (Lipinski definition) is 6. The predicted molar refractivity (Wildman–Crippen MR) is 147 cm³/mol. The van der Waals surface area contributed by atoms with E-state index in [9.17, 15) is 22.4 Å². The molecule has 1 aliphatic carbocycles. The number of rotatable bonds is 12. The van der Waals surface area contributed by atoms with Crippen LogP contribution in [0.4, 0.5) is 4.39 Å². The third kappa shape index (κ3) is 8.00. The minimum atomic E-state index is -3.32. The number of hydrogen-bond donors (Lipinski definition) is 2. The molecule has 0 spiro atoms. The van der Waals surface area contributed by atoms with Crippen LogP contribution in [0, 0.1) is 5.82 Å². The Bertz CT molecular complexity index is 1230. The third-order valence-electron chi connectivity index (χ3n) is 7.39. The molecule has 2 aromatic carbocycles. The van der Waals surface area contributed by atoms with Crippen LogP contribution >= 0.6 is 0 Å². The molecule has 1 saturated carbocycles. The summed E-state index contributed by atoms with van der Waals surface area (Å²) in [5.41, 5.74) is 1.56. The third-order valence-corrected chi connectivity index (χ3v) is 8.69. The molecule has 2 N–H and O–H groups in total. The van der Waals surface area contributed by atoms with Crippen LogP contribution in [0.2, 0.25) is 0 Å². The van der Waals surface area contributed by atoms with E-state index in [1.165, 1.54) is 34.1 Å². The fraction of sp³-hybridized carbons (Fsp3) is 0.500. The van der Waals surface area contributed by atoms with Crippen molar-refractivity contribution < 1.29 is 27.1 Å². The van der Waals surface area contributed by atoms with E-state index in [4.69, 9.17) is 4.74 Å². The molecule has 212 valence electrons. The number of carbonyl (C=O) groups excluding carboxylic acids is 2. The van der Waals surface area contributed by atoms with Crippen LogP contribution in [0.1, 0.15) is 47.5 Å². The van der Waals surface area contributed by atoms with Gasteiger partial charge < -0.3 is 20.3 Å². The van der Waals surface area contributed by atoms with Crippen LogP contribution < -0.4 is 15.4 Å². The second-order valence-corrected chi connectivity index (χ2v) is 12.2. The van der Waals surface area contributed by atoms with Gasteiger partial charge in [-0.1, -0.05) is 12.1 Å². The van der Waals surface area contributed by atoms with Gasteiger partial charge in [0.1, 0.15) is 17.6 Å². The largest absolute Gasteiger partial charge is 0.497 e. The van der Waals surface area contributed by atoms with Gasteiger partial charge in [-0.15, -0.1) is 0 Å².